The molecule has 0 aromatic rings. The molecule has 1 saturated carbocycles. The van der Waals surface area contributed by atoms with Crippen molar-refractivity contribution in [1.29, 1.82) is 0 Å². The number of hydrogen-bond donors (Lipinski definition) is 2. The van der Waals surface area contributed by atoms with Crippen LogP contribution in [0.4, 0.5) is 0 Å². The van der Waals surface area contributed by atoms with E-state index in [1.165, 1.54) is 0 Å². The van der Waals surface area contributed by atoms with Gasteiger partial charge in [-0.3, -0.25) is 4.79 Å². The zero-order valence-electron chi connectivity index (χ0n) is 11.5. The lowest BCUT2D eigenvalue weighted by molar-refractivity contribution is -0.125. The molecule has 1 fully saturated rings. The summed E-state index contributed by atoms with van der Waals surface area (Å²) in [5.74, 6) is 0.417. The minimum absolute atomic E-state index is 0. The number of amides is 1. The van der Waals surface area contributed by atoms with E-state index in [9.17, 15) is 4.79 Å². The zero-order chi connectivity index (χ0) is 12.4. The van der Waals surface area contributed by atoms with Gasteiger partial charge in [0.05, 0.1) is 5.54 Å². The Kier molecular flexibility index (Phi) is 5.95. The number of nitrogens with two attached hydrogens (primary N) is 1. The maximum absolute atomic E-state index is 12.1. The largest absolute Gasteiger partial charge is 0.349 e. The monoisotopic (exact) mass is 262 g/mol. The predicted octanol–water partition coefficient (Wildman–Crippen LogP) is 2.48. The van der Waals surface area contributed by atoms with E-state index in [0.29, 0.717) is 6.54 Å². The third-order valence-electron chi connectivity index (χ3n) is 4.61. The van der Waals surface area contributed by atoms with Crippen molar-refractivity contribution in [3.8, 4) is 0 Å². The van der Waals surface area contributed by atoms with Crippen LogP contribution in [0.25, 0.3) is 0 Å². The fourth-order valence-corrected chi connectivity index (χ4v) is 2.32. The van der Waals surface area contributed by atoms with Crippen LogP contribution < -0.4 is 11.1 Å². The van der Waals surface area contributed by atoms with E-state index in [0.717, 1.165) is 25.7 Å². The molecule has 1 aliphatic carbocycles. The first-order valence-corrected chi connectivity index (χ1v) is 6.49. The summed E-state index contributed by atoms with van der Waals surface area (Å²) in [6.07, 6.45) is 3.92. The van der Waals surface area contributed by atoms with Crippen LogP contribution in [0, 0.1) is 11.3 Å². The van der Waals surface area contributed by atoms with Gasteiger partial charge < -0.3 is 11.1 Å². The third-order valence-corrected chi connectivity index (χ3v) is 4.61. The summed E-state index contributed by atoms with van der Waals surface area (Å²) in [5, 5.41) is 3.17. The van der Waals surface area contributed by atoms with Crippen LogP contribution >= 0.6 is 12.4 Å². The maximum atomic E-state index is 12.1. The molecule has 0 spiro atoms. The Balaban J connectivity index is 0.00000256. The van der Waals surface area contributed by atoms with Crippen LogP contribution in [0.1, 0.15) is 53.4 Å². The lowest BCUT2D eigenvalue weighted by Crippen LogP contribution is -2.53. The van der Waals surface area contributed by atoms with Gasteiger partial charge >= 0.3 is 0 Å². The Hall–Kier alpha value is -0.280. The highest BCUT2D eigenvalue weighted by molar-refractivity contribution is 5.85. The lowest BCUT2D eigenvalue weighted by atomic mass is 9.92. The average molecular weight is 263 g/mol. The Morgan fingerprint density at radius 3 is 2.24 bits per heavy atom. The molecular weight excluding hydrogens is 236 g/mol. The minimum atomic E-state index is -0.186. The van der Waals surface area contributed by atoms with E-state index >= 15 is 0 Å². The summed E-state index contributed by atoms with van der Waals surface area (Å²) in [6, 6.07) is 0. The van der Waals surface area contributed by atoms with Crippen molar-refractivity contribution in [3.05, 3.63) is 0 Å². The molecule has 102 valence electrons. The van der Waals surface area contributed by atoms with E-state index in [1.807, 2.05) is 0 Å². The van der Waals surface area contributed by atoms with Gasteiger partial charge in [-0.05, 0) is 31.1 Å². The van der Waals surface area contributed by atoms with Gasteiger partial charge in [0.2, 0.25) is 5.91 Å². The zero-order valence-corrected chi connectivity index (χ0v) is 12.3. The highest BCUT2D eigenvalue weighted by Crippen LogP contribution is 2.54. The van der Waals surface area contributed by atoms with E-state index in [-0.39, 0.29) is 35.2 Å². The molecule has 0 aromatic heterocycles. The Morgan fingerprint density at radius 1 is 1.41 bits per heavy atom. The average Bonchev–Trinajstić information content (AvgIpc) is 3.00. The predicted molar refractivity (Wildman–Crippen MR) is 74.3 cm³/mol. The molecule has 0 heterocycles. The van der Waals surface area contributed by atoms with Crippen molar-refractivity contribution in [2.24, 2.45) is 17.1 Å². The first-order valence-electron chi connectivity index (χ1n) is 6.49. The molecule has 0 radical (unpaired) electrons. The van der Waals surface area contributed by atoms with E-state index < -0.39 is 0 Å². The second kappa shape index (κ2) is 6.05. The van der Waals surface area contributed by atoms with Gasteiger partial charge in [-0.15, -0.1) is 12.4 Å². The molecule has 0 aromatic carbocycles. The molecule has 3 N–H and O–H groups in total. The highest BCUT2D eigenvalue weighted by Gasteiger charge is 2.53. The van der Waals surface area contributed by atoms with Crippen LogP contribution in [0.3, 0.4) is 0 Å². The summed E-state index contributed by atoms with van der Waals surface area (Å²) in [6.45, 7) is 9.05. The van der Waals surface area contributed by atoms with Crippen molar-refractivity contribution in [2.75, 3.05) is 6.54 Å². The number of nitrogens with one attached hydrogen (secondary N) is 1. The fourth-order valence-electron chi connectivity index (χ4n) is 2.32. The topological polar surface area (TPSA) is 55.1 Å². The lowest BCUT2D eigenvalue weighted by Gasteiger charge is -2.31. The van der Waals surface area contributed by atoms with E-state index in [4.69, 9.17) is 5.73 Å². The van der Waals surface area contributed by atoms with Crippen LogP contribution in [0.15, 0.2) is 0 Å². The Morgan fingerprint density at radius 2 is 1.94 bits per heavy atom. The first-order chi connectivity index (χ1) is 7.47. The van der Waals surface area contributed by atoms with Crippen LogP contribution in [-0.4, -0.2) is 18.0 Å². The minimum Gasteiger partial charge on any atom is -0.349 e. The van der Waals surface area contributed by atoms with Crippen molar-refractivity contribution in [1.82, 2.24) is 5.32 Å². The second-order valence-electron chi connectivity index (χ2n) is 5.45. The molecule has 4 heteroatoms. The summed E-state index contributed by atoms with van der Waals surface area (Å²) in [5.41, 5.74) is 5.84. The van der Waals surface area contributed by atoms with Gasteiger partial charge in [0.1, 0.15) is 0 Å². The number of carbonyl (C=O) groups is 1. The molecular formula is C13H27ClN2O. The molecule has 0 saturated heterocycles. The van der Waals surface area contributed by atoms with Gasteiger partial charge in [0, 0.05) is 12.5 Å². The molecule has 1 amide bonds. The standard InChI is InChI=1S/C13H26N2O.ClH/c1-5-12(4)8-10(12)11(16)15-13(6-2,7-3)9-14;/h10H,5-9,14H2,1-4H3,(H,15,16);1H. The fraction of sp³-hybridized carbons (Fsp3) is 0.923. The van der Waals surface area contributed by atoms with Gasteiger partial charge in [-0.25, -0.2) is 0 Å². The van der Waals surface area contributed by atoms with Gasteiger partial charge in [-0.2, -0.15) is 0 Å². The quantitative estimate of drug-likeness (QED) is 0.773. The van der Waals surface area contributed by atoms with Crippen molar-refractivity contribution >= 4 is 18.3 Å². The molecule has 1 rings (SSSR count). The number of hydrogen-bond acceptors (Lipinski definition) is 2. The molecule has 2 atom stereocenters. The number of carbonyl (C=O) groups excluding carboxylic acids is 1. The molecule has 2 unspecified atom stereocenters. The number of rotatable bonds is 6. The van der Waals surface area contributed by atoms with Crippen molar-refractivity contribution in [2.45, 2.75) is 58.9 Å². The van der Waals surface area contributed by atoms with Crippen molar-refractivity contribution in [3.63, 3.8) is 0 Å². The first kappa shape index (κ1) is 16.7. The molecule has 3 nitrogen and oxygen atoms in total. The van der Waals surface area contributed by atoms with E-state index in [1.54, 1.807) is 0 Å². The van der Waals surface area contributed by atoms with Gasteiger partial charge in [0.15, 0.2) is 0 Å². The molecule has 0 aliphatic heterocycles. The van der Waals surface area contributed by atoms with Crippen LogP contribution in [-0.2, 0) is 4.79 Å². The van der Waals surface area contributed by atoms with Gasteiger partial charge in [-0.1, -0.05) is 27.7 Å². The van der Waals surface area contributed by atoms with Crippen molar-refractivity contribution < 1.29 is 4.79 Å². The normalized spacial score (nSPS) is 27.2. The maximum Gasteiger partial charge on any atom is 0.224 e. The number of halogens is 1. The van der Waals surface area contributed by atoms with E-state index in [2.05, 4.69) is 33.0 Å². The summed E-state index contributed by atoms with van der Waals surface area (Å²) < 4.78 is 0. The second-order valence-corrected chi connectivity index (χ2v) is 5.45. The Bertz CT molecular complexity index is 258. The molecule has 1 aliphatic rings. The summed E-state index contributed by atoms with van der Waals surface area (Å²) >= 11 is 0. The Labute approximate surface area is 111 Å². The SMILES string of the molecule is CCC(CC)(CN)NC(=O)C1CC1(C)CC.Cl. The van der Waals surface area contributed by atoms with Crippen LogP contribution in [0.5, 0.6) is 0 Å². The highest BCUT2D eigenvalue weighted by atomic mass is 35.5. The third kappa shape index (κ3) is 3.35. The molecule has 17 heavy (non-hydrogen) atoms. The molecule has 0 bridgehead atoms. The smallest absolute Gasteiger partial charge is 0.224 e. The summed E-state index contributed by atoms with van der Waals surface area (Å²) in [7, 11) is 0. The summed E-state index contributed by atoms with van der Waals surface area (Å²) in [4.78, 5) is 12.1. The van der Waals surface area contributed by atoms with Crippen LogP contribution in [0.2, 0.25) is 0 Å². The van der Waals surface area contributed by atoms with Gasteiger partial charge in [0.25, 0.3) is 0 Å².